The second kappa shape index (κ2) is 6.63. The van der Waals surface area contributed by atoms with Crippen LogP contribution in [0, 0.1) is 11.3 Å². The Hall–Kier alpha value is -1.05. The Bertz CT molecular complexity index is 372. The minimum atomic E-state index is -0.436. The van der Waals surface area contributed by atoms with E-state index in [4.69, 9.17) is 0 Å². The van der Waals surface area contributed by atoms with Gasteiger partial charge in [-0.3, -0.25) is 10.3 Å². The molecule has 0 aliphatic carbocycles. The molecule has 0 saturated carbocycles. The van der Waals surface area contributed by atoms with Crippen molar-refractivity contribution in [3.05, 3.63) is 24.5 Å². The molecule has 1 heterocycles. The highest BCUT2D eigenvalue weighted by atomic mass is 32.2. The number of nitrogens with one attached hydrogen (secondary N) is 1. The van der Waals surface area contributed by atoms with Crippen molar-refractivity contribution >= 4 is 11.8 Å². The first-order valence-corrected chi connectivity index (χ1v) is 6.76. The lowest BCUT2D eigenvalue weighted by molar-refractivity contribution is 0.397. The van der Waals surface area contributed by atoms with Crippen LogP contribution in [0.25, 0.3) is 0 Å². The number of hydrogen-bond acceptors (Lipinski definition) is 4. The third-order valence-corrected chi connectivity index (χ3v) is 3.39. The largest absolute Gasteiger partial charge is 0.297 e. The van der Waals surface area contributed by atoms with E-state index in [1.165, 1.54) is 4.90 Å². The molecule has 0 aliphatic heterocycles. The Morgan fingerprint density at radius 3 is 2.65 bits per heavy atom. The molecule has 3 nitrogen and oxygen atoms in total. The molecule has 0 aromatic carbocycles. The summed E-state index contributed by atoms with van der Waals surface area (Å²) >= 11 is 1.76. The van der Waals surface area contributed by atoms with Crippen LogP contribution in [0.2, 0.25) is 0 Å². The van der Waals surface area contributed by atoms with Crippen molar-refractivity contribution in [3.63, 3.8) is 0 Å². The predicted molar refractivity (Wildman–Crippen MR) is 71.9 cm³/mol. The average Bonchev–Trinajstić information content (AvgIpc) is 2.29. The van der Waals surface area contributed by atoms with E-state index in [0.29, 0.717) is 6.04 Å². The third-order valence-electron chi connectivity index (χ3n) is 2.37. The molecule has 0 saturated heterocycles. The maximum atomic E-state index is 9.20. The average molecular weight is 249 g/mol. The smallest absolute Gasteiger partial charge is 0.104 e. The van der Waals surface area contributed by atoms with Gasteiger partial charge in [0.15, 0.2) is 0 Å². The molecule has 92 valence electrons. The summed E-state index contributed by atoms with van der Waals surface area (Å²) in [6.07, 6.45) is 4.41. The highest BCUT2D eigenvalue weighted by Crippen LogP contribution is 2.21. The number of pyridine rings is 1. The summed E-state index contributed by atoms with van der Waals surface area (Å²) in [5.74, 6) is 0.924. The van der Waals surface area contributed by atoms with E-state index in [-0.39, 0.29) is 0 Å². The van der Waals surface area contributed by atoms with Gasteiger partial charge in [0, 0.05) is 29.1 Å². The lowest BCUT2D eigenvalue weighted by atomic mass is 10.0. The van der Waals surface area contributed by atoms with E-state index < -0.39 is 5.54 Å². The molecular weight excluding hydrogens is 230 g/mol. The van der Waals surface area contributed by atoms with E-state index in [2.05, 4.69) is 30.2 Å². The molecule has 1 aromatic heterocycles. The first-order chi connectivity index (χ1) is 8.06. The van der Waals surface area contributed by atoms with Gasteiger partial charge in [-0.25, -0.2) is 0 Å². The Morgan fingerprint density at radius 2 is 2.12 bits per heavy atom. The van der Waals surface area contributed by atoms with Gasteiger partial charge in [-0.1, -0.05) is 0 Å². The van der Waals surface area contributed by atoms with Gasteiger partial charge in [0.1, 0.15) is 5.54 Å². The fourth-order valence-corrected chi connectivity index (χ4v) is 2.67. The van der Waals surface area contributed by atoms with E-state index >= 15 is 0 Å². The second-order valence-electron chi connectivity index (χ2n) is 4.52. The van der Waals surface area contributed by atoms with Gasteiger partial charge in [-0.2, -0.15) is 5.26 Å². The molecule has 0 fully saturated rings. The number of nitriles is 1. The SMILES string of the molecule is CC(C)NC(C)(C#N)CCSc1ccncc1. The molecule has 1 N–H and O–H groups in total. The minimum Gasteiger partial charge on any atom is -0.297 e. The van der Waals surface area contributed by atoms with Gasteiger partial charge in [-0.05, 0) is 39.3 Å². The summed E-state index contributed by atoms with van der Waals surface area (Å²) in [7, 11) is 0. The normalized spacial score (nSPS) is 14.3. The molecule has 0 amide bonds. The fraction of sp³-hybridized carbons (Fsp3) is 0.538. The lowest BCUT2D eigenvalue weighted by Gasteiger charge is -2.25. The maximum Gasteiger partial charge on any atom is 0.104 e. The molecule has 0 spiro atoms. The molecule has 1 atom stereocenters. The number of hydrogen-bond donors (Lipinski definition) is 1. The number of thioether (sulfide) groups is 1. The standard InChI is InChI=1S/C13H19N3S/c1-11(2)16-13(3,10-14)6-9-17-12-4-7-15-8-5-12/h4-5,7-8,11,16H,6,9H2,1-3H3. The molecule has 0 bridgehead atoms. The first kappa shape index (κ1) is 14.0. The molecule has 1 unspecified atom stereocenters. The van der Waals surface area contributed by atoms with Crippen LogP contribution in [0.4, 0.5) is 0 Å². The lowest BCUT2D eigenvalue weighted by Crippen LogP contribution is -2.45. The summed E-state index contributed by atoms with van der Waals surface area (Å²) in [5.41, 5.74) is -0.436. The molecule has 1 rings (SSSR count). The van der Waals surface area contributed by atoms with Crippen LogP contribution in [-0.4, -0.2) is 22.3 Å². The number of aromatic nitrogens is 1. The molecule has 4 heteroatoms. The van der Waals surface area contributed by atoms with Crippen molar-refractivity contribution < 1.29 is 0 Å². The fourth-order valence-electron chi connectivity index (χ4n) is 1.60. The van der Waals surface area contributed by atoms with Crippen LogP contribution in [0.5, 0.6) is 0 Å². The van der Waals surface area contributed by atoms with Crippen LogP contribution in [-0.2, 0) is 0 Å². The summed E-state index contributed by atoms with van der Waals surface area (Å²) in [4.78, 5) is 5.18. The maximum absolute atomic E-state index is 9.20. The van der Waals surface area contributed by atoms with E-state index in [1.807, 2.05) is 19.1 Å². The Kier molecular flexibility index (Phi) is 5.46. The topological polar surface area (TPSA) is 48.7 Å². The van der Waals surface area contributed by atoms with Crippen molar-refractivity contribution in [2.45, 2.75) is 43.7 Å². The zero-order valence-electron chi connectivity index (χ0n) is 10.6. The quantitative estimate of drug-likeness (QED) is 0.788. The predicted octanol–water partition coefficient (Wildman–Crippen LogP) is 2.84. The number of nitrogens with zero attached hydrogens (tertiary/aromatic N) is 2. The van der Waals surface area contributed by atoms with Crippen LogP contribution in [0.3, 0.4) is 0 Å². The van der Waals surface area contributed by atoms with E-state index in [9.17, 15) is 5.26 Å². The number of rotatable bonds is 6. The van der Waals surface area contributed by atoms with Crippen molar-refractivity contribution in [2.24, 2.45) is 0 Å². The van der Waals surface area contributed by atoms with Crippen LogP contribution < -0.4 is 5.32 Å². The molecule has 17 heavy (non-hydrogen) atoms. The zero-order chi connectivity index (χ0) is 12.7. The molecular formula is C13H19N3S. The van der Waals surface area contributed by atoms with Gasteiger partial charge in [-0.15, -0.1) is 11.8 Å². The summed E-state index contributed by atoms with van der Waals surface area (Å²) in [5, 5.41) is 12.5. The molecule has 1 aromatic rings. The Morgan fingerprint density at radius 1 is 1.47 bits per heavy atom. The molecule has 0 radical (unpaired) electrons. The van der Waals surface area contributed by atoms with Gasteiger partial charge in [0.2, 0.25) is 0 Å². The van der Waals surface area contributed by atoms with Gasteiger partial charge in [0.25, 0.3) is 0 Å². The van der Waals surface area contributed by atoms with Crippen molar-refractivity contribution in [1.82, 2.24) is 10.3 Å². The van der Waals surface area contributed by atoms with Crippen LogP contribution in [0.1, 0.15) is 27.2 Å². The van der Waals surface area contributed by atoms with E-state index in [1.54, 1.807) is 24.2 Å². The van der Waals surface area contributed by atoms with E-state index in [0.717, 1.165) is 12.2 Å². The van der Waals surface area contributed by atoms with Crippen LogP contribution in [0.15, 0.2) is 29.4 Å². The van der Waals surface area contributed by atoms with Crippen molar-refractivity contribution in [3.8, 4) is 6.07 Å². The zero-order valence-corrected chi connectivity index (χ0v) is 11.4. The Labute approximate surface area is 108 Å². The Balaban J connectivity index is 2.41. The monoisotopic (exact) mass is 249 g/mol. The van der Waals surface area contributed by atoms with Crippen molar-refractivity contribution in [2.75, 3.05) is 5.75 Å². The van der Waals surface area contributed by atoms with Crippen LogP contribution >= 0.6 is 11.8 Å². The van der Waals surface area contributed by atoms with Gasteiger partial charge >= 0.3 is 0 Å². The van der Waals surface area contributed by atoms with Crippen molar-refractivity contribution in [1.29, 1.82) is 5.26 Å². The summed E-state index contributed by atoms with van der Waals surface area (Å²) in [6, 6.07) is 6.66. The highest BCUT2D eigenvalue weighted by Gasteiger charge is 2.23. The highest BCUT2D eigenvalue weighted by molar-refractivity contribution is 7.99. The second-order valence-corrected chi connectivity index (χ2v) is 5.69. The first-order valence-electron chi connectivity index (χ1n) is 5.77. The third kappa shape index (κ3) is 5.20. The van der Waals surface area contributed by atoms with Gasteiger partial charge in [0.05, 0.1) is 6.07 Å². The molecule has 0 aliphatic rings. The van der Waals surface area contributed by atoms with Gasteiger partial charge < -0.3 is 0 Å². The summed E-state index contributed by atoms with van der Waals surface area (Å²) < 4.78 is 0. The summed E-state index contributed by atoms with van der Waals surface area (Å²) in [6.45, 7) is 6.08. The minimum absolute atomic E-state index is 0.325.